The lowest BCUT2D eigenvalue weighted by Gasteiger charge is -2.43. The maximum absolute atomic E-state index is 13.3. The number of likely N-dealkylation sites (tertiary alicyclic amines) is 1. The van der Waals surface area contributed by atoms with Crippen LogP contribution in [0.15, 0.2) is 54.6 Å². The highest BCUT2D eigenvalue weighted by Gasteiger charge is 2.36. The van der Waals surface area contributed by atoms with E-state index in [1.165, 1.54) is 12.0 Å². The lowest BCUT2D eigenvalue weighted by molar-refractivity contribution is -0.130. The van der Waals surface area contributed by atoms with Gasteiger partial charge in [-0.1, -0.05) is 42.5 Å². The molecule has 2 aliphatic rings. The van der Waals surface area contributed by atoms with Gasteiger partial charge in [0.05, 0.1) is 0 Å². The molecule has 1 heterocycles. The van der Waals surface area contributed by atoms with E-state index in [1.807, 2.05) is 49.5 Å². The van der Waals surface area contributed by atoms with Gasteiger partial charge >= 0.3 is 6.09 Å². The molecule has 0 spiro atoms. The highest BCUT2D eigenvalue weighted by molar-refractivity contribution is 5.73. The van der Waals surface area contributed by atoms with Gasteiger partial charge in [-0.2, -0.15) is 0 Å². The molecule has 200 valence electrons. The quantitative estimate of drug-likeness (QED) is 0.543. The second-order valence-electron chi connectivity index (χ2n) is 10.8. The monoisotopic (exact) mass is 509 g/mol. The van der Waals surface area contributed by atoms with Crippen LogP contribution in [-0.4, -0.2) is 60.6 Å². The van der Waals surface area contributed by atoms with Crippen molar-refractivity contribution < 1.29 is 18.7 Å². The zero-order valence-corrected chi connectivity index (χ0v) is 22.1. The number of nitrogens with one attached hydrogen (secondary N) is 1. The molecule has 0 aromatic heterocycles. The van der Waals surface area contributed by atoms with Gasteiger partial charge in [0.1, 0.15) is 12.4 Å². The van der Waals surface area contributed by atoms with E-state index in [9.17, 15) is 14.0 Å². The van der Waals surface area contributed by atoms with Gasteiger partial charge in [0.15, 0.2) is 0 Å². The lowest BCUT2D eigenvalue weighted by atomic mass is 9.80. The number of piperidine rings is 1. The van der Waals surface area contributed by atoms with E-state index in [-0.39, 0.29) is 30.4 Å². The number of carbonyl (C=O) groups excluding carboxylic acids is 2. The molecule has 4 atom stereocenters. The Morgan fingerprint density at radius 2 is 1.81 bits per heavy atom. The van der Waals surface area contributed by atoms with Crippen molar-refractivity contribution >= 4 is 12.0 Å². The second kappa shape index (κ2) is 13.0. The molecule has 1 saturated heterocycles. The van der Waals surface area contributed by atoms with Crippen LogP contribution >= 0.6 is 0 Å². The minimum absolute atomic E-state index is 0.0496. The van der Waals surface area contributed by atoms with E-state index in [2.05, 4.69) is 10.2 Å². The number of carbonyl (C=O) groups is 2. The third kappa shape index (κ3) is 8.03. The second-order valence-corrected chi connectivity index (χ2v) is 10.8. The van der Waals surface area contributed by atoms with Crippen molar-refractivity contribution in [1.29, 1.82) is 0 Å². The standard InChI is InChI=1S/C30H40FN3O3/c1-22(35)33(2)28-15-12-26(29(18-28)32-30(36)37-21-24-7-4-3-5-8-24)20-34-16-6-9-25(19-34)17-23-10-13-27(31)14-11-23/h3-5,7-8,10-11,13-14,25-26,28-29H,6,9,12,15-21H2,1-2H3,(H,32,36)/t25-,26-,28+,29+/m0/s1. The fourth-order valence-electron chi connectivity index (χ4n) is 5.90. The average Bonchev–Trinajstić information content (AvgIpc) is 2.90. The highest BCUT2D eigenvalue weighted by atomic mass is 19.1. The molecule has 0 bridgehead atoms. The number of hydrogen-bond donors (Lipinski definition) is 1. The number of nitrogens with zero attached hydrogens (tertiary/aromatic N) is 2. The summed E-state index contributed by atoms with van der Waals surface area (Å²) in [6, 6.07) is 16.6. The third-order valence-electron chi connectivity index (χ3n) is 8.06. The van der Waals surface area contributed by atoms with Gasteiger partial charge in [0, 0.05) is 39.1 Å². The van der Waals surface area contributed by atoms with Crippen LogP contribution in [0.4, 0.5) is 9.18 Å². The Morgan fingerprint density at radius 1 is 1.05 bits per heavy atom. The minimum atomic E-state index is -0.405. The van der Waals surface area contributed by atoms with Gasteiger partial charge in [-0.05, 0) is 80.2 Å². The van der Waals surface area contributed by atoms with Gasteiger partial charge in [-0.3, -0.25) is 4.79 Å². The summed E-state index contributed by atoms with van der Waals surface area (Å²) in [5, 5.41) is 3.15. The molecule has 0 unspecified atom stereocenters. The van der Waals surface area contributed by atoms with Crippen molar-refractivity contribution in [1.82, 2.24) is 15.1 Å². The van der Waals surface area contributed by atoms with E-state index in [0.29, 0.717) is 11.8 Å². The molecule has 1 aliphatic carbocycles. The predicted molar refractivity (Wildman–Crippen MR) is 142 cm³/mol. The number of halogens is 1. The first-order chi connectivity index (χ1) is 17.9. The number of amides is 2. The van der Waals surface area contributed by atoms with Crippen molar-refractivity contribution in [2.75, 3.05) is 26.7 Å². The molecule has 2 aromatic carbocycles. The maximum atomic E-state index is 13.3. The molecule has 1 saturated carbocycles. The number of alkyl carbamates (subject to hydrolysis) is 1. The van der Waals surface area contributed by atoms with Crippen LogP contribution in [0.5, 0.6) is 0 Å². The Balaban J connectivity index is 1.36. The summed E-state index contributed by atoms with van der Waals surface area (Å²) in [6.07, 6.45) is 5.49. The van der Waals surface area contributed by atoms with Crippen LogP contribution in [0.25, 0.3) is 0 Å². The van der Waals surface area contributed by atoms with Crippen LogP contribution in [0.1, 0.15) is 50.2 Å². The number of rotatable bonds is 8. The van der Waals surface area contributed by atoms with E-state index in [1.54, 1.807) is 24.0 Å². The van der Waals surface area contributed by atoms with Crippen molar-refractivity contribution in [2.24, 2.45) is 11.8 Å². The molecule has 2 amide bonds. The van der Waals surface area contributed by atoms with Crippen molar-refractivity contribution in [3.63, 3.8) is 0 Å². The Morgan fingerprint density at radius 3 is 2.54 bits per heavy atom. The summed E-state index contributed by atoms with van der Waals surface area (Å²) >= 11 is 0. The summed E-state index contributed by atoms with van der Waals surface area (Å²) in [6.45, 7) is 4.81. The Labute approximate surface area is 220 Å². The molecule has 2 fully saturated rings. The summed E-state index contributed by atoms with van der Waals surface area (Å²) in [7, 11) is 1.85. The first kappa shape index (κ1) is 27.1. The number of ether oxygens (including phenoxy) is 1. The SMILES string of the molecule is CC(=O)N(C)[C@@H]1CC[C@@H](CN2CCC[C@@H](Cc3ccc(F)cc3)C2)[C@H](NC(=O)OCc2ccccc2)C1. The highest BCUT2D eigenvalue weighted by Crippen LogP contribution is 2.30. The first-order valence-corrected chi connectivity index (χ1v) is 13.5. The summed E-state index contributed by atoms with van der Waals surface area (Å²) < 4.78 is 18.8. The molecular weight excluding hydrogens is 469 g/mol. The fraction of sp³-hybridized carbons (Fsp3) is 0.533. The number of hydrogen-bond acceptors (Lipinski definition) is 4. The van der Waals surface area contributed by atoms with E-state index < -0.39 is 6.09 Å². The maximum Gasteiger partial charge on any atom is 0.407 e. The van der Waals surface area contributed by atoms with Crippen molar-refractivity contribution in [3.8, 4) is 0 Å². The zero-order chi connectivity index (χ0) is 26.2. The van der Waals surface area contributed by atoms with E-state index >= 15 is 0 Å². The lowest BCUT2D eigenvalue weighted by Crippen LogP contribution is -2.53. The average molecular weight is 510 g/mol. The van der Waals surface area contributed by atoms with Gasteiger partial charge in [-0.15, -0.1) is 0 Å². The van der Waals surface area contributed by atoms with Crippen LogP contribution in [-0.2, 0) is 22.6 Å². The van der Waals surface area contributed by atoms with Gasteiger partial charge < -0.3 is 19.9 Å². The minimum Gasteiger partial charge on any atom is -0.445 e. The molecule has 7 heteroatoms. The molecule has 1 aliphatic heterocycles. The topological polar surface area (TPSA) is 61.9 Å². The summed E-state index contributed by atoms with van der Waals surface area (Å²) in [5.74, 6) is 0.696. The van der Waals surface area contributed by atoms with Gasteiger partial charge in [0.25, 0.3) is 0 Å². The fourth-order valence-corrected chi connectivity index (χ4v) is 5.90. The molecule has 6 nitrogen and oxygen atoms in total. The van der Waals surface area contributed by atoms with Crippen LogP contribution in [0.3, 0.4) is 0 Å². The summed E-state index contributed by atoms with van der Waals surface area (Å²) in [4.78, 5) is 29.1. The van der Waals surface area contributed by atoms with Crippen LogP contribution < -0.4 is 5.32 Å². The Kier molecular flexibility index (Phi) is 9.56. The predicted octanol–water partition coefficient (Wildman–Crippen LogP) is 5.02. The van der Waals surface area contributed by atoms with Crippen molar-refractivity contribution in [3.05, 3.63) is 71.5 Å². The van der Waals surface area contributed by atoms with E-state index in [4.69, 9.17) is 4.74 Å². The molecule has 4 rings (SSSR count). The Bertz CT molecular complexity index is 1020. The van der Waals surface area contributed by atoms with E-state index in [0.717, 1.165) is 57.3 Å². The van der Waals surface area contributed by atoms with Crippen LogP contribution in [0.2, 0.25) is 0 Å². The molecular formula is C30H40FN3O3. The van der Waals surface area contributed by atoms with Gasteiger partial charge in [-0.25, -0.2) is 9.18 Å². The summed E-state index contributed by atoms with van der Waals surface area (Å²) in [5.41, 5.74) is 2.13. The van der Waals surface area contributed by atoms with Gasteiger partial charge in [0.2, 0.25) is 5.91 Å². The Hall–Kier alpha value is -2.93. The smallest absolute Gasteiger partial charge is 0.407 e. The molecule has 1 N–H and O–H groups in total. The van der Waals surface area contributed by atoms with Crippen LogP contribution in [0, 0.1) is 17.7 Å². The number of benzene rings is 2. The zero-order valence-electron chi connectivity index (χ0n) is 22.1. The molecule has 0 radical (unpaired) electrons. The third-order valence-corrected chi connectivity index (χ3v) is 8.06. The normalized spacial score (nSPS) is 24.3. The largest absolute Gasteiger partial charge is 0.445 e. The molecule has 2 aromatic rings. The molecule has 37 heavy (non-hydrogen) atoms. The first-order valence-electron chi connectivity index (χ1n) is 13.5. The van der Waals surface area contributed by atoms with Crippen molar-refractivity contribution in [2.45, 2.75) is 64.1 Å².